The zero-order valence-electron chi connectivity index (χ0n) is 12.9. The van der Waals surface area contributed by atoms with Crippen LogP contribution in [0.15, 0.2) is 64.6 Å². The first-order chi connectivity index (χ1) is 11.7. The zero-order valence-corrected chi connectivity index (χ0v) is 13.8. The summed E-state index contributed by atoms with van der Waals surface area (Å²) in [4.78, 5) is 15.4. The molecule has 0 fully saturated rings. The molecule has 0 spiro atoms. The summed E-state index contributed by atoms with van der Waals surface area (Å²) in [6, 6.07) is 13.6. The Bertz CT molecular complexity index is 736. The number of benzene rings is 1. The Morgan fingerprint density at radius 2 is 2.08 bits per heavy atom. The van der Waals surface area contributed by atoms with Crippen molar-refractivity contribution in [1.82, 2.24) is 4.90 Å². The standard InChI is InChI=1S/C18H17FN2O2S/c19-14-4-1-5-15(10-14)20-18(22)13-21(11-16-6-2-8-23-16)12-17-7-3-9-24-17/h1-10H,11-13H2,(H,20,22). The number of carbonyl (C=O) groups is 1. The minimum absolute atomic E-state index is 0.190. The summed E-state index contributed by atoms with van der Waals surface area (Å²) < 4.78 is 18.6. The lowest BCUT2D eigenvalue weighted by atomic mass is 10.3. The summed E-state index contributed by atoms with van der Waals surface area (Å²) in [5, 5.41) is 4.73. The maximum Gasteiger partial charge on any atom is 0.238 e. The highest BCUT2D eigenvalue weighted by atomic mass is 32.1. The minimum Gasteiger partial charge on any atom is -0.468 e. The number of anilines is 1. The van der Waals surface area contributed by atoms with Crippen LogP contribution < -0.4 is 5.32 Å². The van der Waals surface area contributed by atoms with Crippen molar-refractivity contribution in [3.8, 4) is 0 Å². The van der Waals surface area contributed by atoms with Gasteiger partial charge in [-0.3, -0.25) is 9.69 Å². The highest BCUT2D eigenvalue weighted by Gasteiger charge is 2.14. The Balaban J connectivity index is 1.64. The van der Waals surface area contributed by atoms with E-state index in [1.807, 2.05) is 34.5 Å². The summed E-state index contributed by atoms with van der Waals surface area (Å²) in [7, 11) is 0. The second kappa shape index (κ2) is 7.90. The number of hydrogen-bond acceptors (Lipinski definition) is 4. The molecule has 124 valence electrons. The van der Waals surface area contributed by atoms with Gasteiger partial charge in [0.15, 0.2) is 0 Å². The van der Waals surface area contributed by atoms with E-state index in [-0.39, 0.29) is 18.3 Å². The summed E-state index contributed by atoms with van der Waals surface area (Å²) in [6.07, 6.45) is 1.62. The van der Waals surface area contributed by atoms with Gasteiger partial charge >= 0.3 is 0 Å². The molecule has 1 amide bonds. The number of rotatable bonds is 7. The van der Waals surface area contributed by atoms with Gasteiger partial charge in [-0.15, -0.1) is 11.3 Å². The van der Waals surface area contributed by atoms with Gasteiger partial charge in [0.05, 0.1) is 19.4 Å². The summed E-state index contributed by atoms with van der Waals surface area (Å²) in [5.74, 6) is 0.229. The van der Waals surface area contributed by atoms with Crippen molar-refractivity contribution in [2.75, 3.05) is 11.9 Å². The van der Waals surface area contributed by atoms with Crippen LogP contribution >= 0.6 is 11.3 Å². The van der Waals surface area contributed by atoms with Crippen LogP contribution in [0.4, 0.5) is 10.1 Å². The van der Waals surface area contributed by atoms with Crippen molar-refractivity contribution in [3.05, 3.63) is 76.6 Å². The SMILES string of the molecule is O=C(CN(Cc1ccco1)Cc1cccs1)Nc1cccc(F)c1. The van der Waals surface area contributed by atoms with Crippen LogP contribution in [0, 0.1) is 5.82 Å². The zero-order chi connectivity index (χ0) is 16.8. The Labute approximate surface area is 143 Å². The quantitative estimate of drug-likeness (QED) is 0.701. The second-order valence-corrected chi connectivity index (χ2v) is 6.39. The van der Waals surface area contributed by atoms with Crippen LogP contribution in [0.25, 0.3) is 0 Å². The molecule has 2 heterocycles. The van der Waals surface area contributed by atoms with Crippen LogP contribution in [-0.2, 0) is 17.9 Å². The number of furan rings is 1. The van der Waals surface area contributed by atoms with Crippen molar-refractivity contribution < 1.29 is 13.6 Å². The predicted molar refractivity (Wildman–Crippen MR) is 92.2 cm³/mol. The van der Waals surface area contributed by atoms with Crippen LogP contribution in [0.1, 0.15) is 10.6 Å². The molecule has 2 aromatic heterocycles. The molecule has 0 aliphatic carbocycles. The minimum atomic E-state index is -0.376. The molecule has 3 rings (SSSR count). The molecule has 0 unspecified atom stereocenters. The van der Waals surface area contributed by atoms with Gasteiger partial charge in [-0.1, -0.05) is 12.1 Å². The van der Waals surface area contributed by atoms with E-state index in [0.29, 0.717) is 18.8 Å². The van der Waals surface area contributed by atoms with Crippen LogP contribution in [0.2, 0.25) is 0 Å². The first kappa shape index (κ1) is 16.4. The highest BCUT2D eigenvalue weighted by Crippen LogP contribution is 2.15. The number of amides is 1. The van der Waals surface area contributed by atoms with E-state index >= 15 is 0 Å². The first-order valence-electron chi connectivity index (χ1n) is 7.51. The van der Waals surface area contributed by atoms with Crippen LogP contribution in [0.5, 0.6) is 0 Å². The first-order valence-corrected chi connectivity index (χ1v) is 8.39. The maximum atomic E-state index is 13.2. The molecule has 3 aromatic rings. The van der Waals surface area contributed by atoms with Crippen molar-refractivity contribution in [2.24, 2.45) is 0 Å². The van der Waals surface area contributed by atoms with Gasteiger partial charge in [-0.05, 0) is 41.8 Å². The lowest BCUT2D eigenvalue weighted by Crippen LogP contribution is -2.32. The van der Waals surface area contributed by atoms with Gasteiger partial charge in [-0.25, -0.2) is 4.39 Å². The fourth-order valence-corrected chi connectivity index (χ4v) is 3.13. The van der Waals surface area contributed by atoms with Crippen molar-refractivity contribution >= 4 is 22.9 Å². The van der Waals surface area contributed by atoms with Gasteiger partial charge in [0, 0.05) is 17.1 Å². The highest BCUT2D eigenvalue weighted by molar-refractivity contribution is 7.09. The van der Waals surface area contributed by atoms with Gasteiger partial charge in [0.25, 0.3) is 0 Å². The number of carbonyl (C=O) groups excluding carboxylic acids is 1. The molecular formula is C18H17FN2O2S. The van der Waals surface area contributed by atoms with Gasteiger partial charge in [0.2, 0.25) is 5.91 Å². The normalized spacial score (nSPS) is 10.9. The summed E-state index contributed by atoms with van der Waals surface area (Å²) in [6.45, 7) is 1.37. The monoisotopic (exact) mass is 344 g/mol. The van der Waals surface area contributed by atoms with E-state index in [1.54, 1.807) is 29.7 Å². The number of nitrogens with zero attached hydrogens (tertiary/aromatic N) is 1. The average Bonchev–Trinajstić information content (AvgIpc) is 3.21. The van der Waals surface area contributed by atoms with Crippen LogP contribution in [0.3, 0.4) is 0 Å². The van der Waals surface area contributed by atoms with E-state index < -0.39 is 0 Å². The maximum absolute atomic E-state index is 13.2. The van der Waals surface area contributed by atoms with E-state index in [0.717, 1.165) is 5.76 Å². The average molecular weight is 344 g/mol. The number of hydrogen-bond donors (Lipinski definition) is 1. The molecule has 0 saturated heterocycles. The molecule has 0 aliphatic heterocycles. The second-order valence-electron chi connectivity index (χ2n) is 5.36. The molecule has 0 atom stereocenters. The largest absolute Gasteiger partial charge is 0.468 e. The van der Waals surface area contributed by atoms with Crippen LogP contribution in [-0.4, -0.2) is 17.4 Å². The lowest BCUT2D eigenvalue weighted by Gasteiger charge is -2.20. The van der Waals surface area contributed by atoms with Crippen molar-refractivity contribution in [1.29, 1.82) is 0 Å². The molecule has 0 aliphatic rings. The molecule has 0 radical (unpaired) electrons. The fraction of sp³-hybridized carbons (Fsp3) is 0.167. The van der Waals surface area contributed by atoms with Gasteiger partial charge < -0.3 is 9.73 Å². The molecule has 6 heteroatoms. The predicted octanol–water partition coefficient (Wildman–Crippen LogP) is 4.12. The lowest BCUT2D eigenvalue weighted by molar-refractivity contribution is -0.117. The van der Waals surface area contributed by atoms with E-state index in [9.17, 15) is 9.18 Å². The topological polar surface area (TPSA) is 45.5 Å². The summed E-state index contributed by atoms with van der Waals surface area (Å²) >= 11 is 1.64. The third-order valence-corrected chi connectivity index (χ3v) is 4.26. The third-order valence-electron chi connectivity index (χ3n) is 3.39. The van der Waals surface area contributed by atoms with Crippen molar-refractivity contribution in [2.45, 2.75) is 13.1 Å². The summed E-state index contributed by atoms with van der Waals surface area (Å²) in [5.41, 5.74) is 0.453. The molecule has 4 nitrogen and oxygen atoms in total. The number of nitrogens with one attached hydrogen (secondary N) is 1. The van der Waals surface area contributed by atoms with E-state index in [2.05, 4.69) is 5.32 Å². The molecule has 24 heavy (non-hydrogen) atoms. The van der Waals surface area contributed by atoms with Crippen molar-refractivity contribution in [3.63, 3.8) is 0 Å². The molecule has 0 bridgehead atoms. The Morgan fingerprint density at radius 1 is 1.17 bits per heavy atom. The third kappa shape index (κ3) is 4.78. The molecule has 1 N–H and O–H groups in total. The van der Waals surface area contributed by atoms with E-state index in [1.165, 1.54) is 17.0 Å². The number of halogens is 1. The van der Waals surface area contributed by atoms with Gasteiger partial charge in [0.1, 0.15) is 11.6 Å². The number of thiophene rings is 1. The Morgan fingerprint density at radius 3 is 2.79 bits per heavy atom. The molecule has 0 saturated carbocycles. The molecule has 1 aromatic carbocycles. The smallest absolute Gasteiger partial charge is 0.238 e. The Kier molecular flexibility index (Phi) is 5.40. The fourth-order valence-electron chi connectivity index (χ4n) is 2.38. The molecular weight excluding hydrogens is 327 g/mol. The van der Waals surface area contributed by atoms with Gasteiger partial charge in [-0.2, -0.15) is 0 Å². The Hall–Kier alpha value is -2.44. The van der Waals surface area contributed by atoms with E-state index in [4.69, 9.17) is 4.42 Å².